The van der Waals surface area contributed by atoms with Crippen molar-refractivity contribution in [1.82, 2.24) is 10.2 Å². The number of nitrogens with zero attached hydrogens (tertiary/aromatic N) is 2. The molecule has 0 radical (unpaired) electrons. The first-order valence-corrected chi connectivity index (χ1v) is 8.47. The van der Waals surface area contributed by atoms with Gasteiger partial charge in [0.1, 0.15) is 0 Å². The van der Waals surface area contributed by atoms with Crippen LogP contribution in [0.2, 0.25) is 0 Å². The summed E-state index contributed by atoms with van der Waals surface area (Å²) in [4.78, 5) is 7.17. The summed E-state index contributed by atoms with van der Waals surface area (Å²) in [7, 11) is 1.74. The summed E-state index contributed by atoms with van der Waals surface area (Å²) in [6.45, 7) is 7.77. The topological polar surface area (TPSA) is 46.1 Å². The molecule has 1 saturated carbocycles. The molecular formula is C16H31N3O2. The molecule has 0 aromatic carbocycles. The molecule has 1 N–H and O–H groups in total. The number of nitrogens with one attached hydrogen (secondary N) is 1. The molecule has 0 aromatic rings. The van der Waals surface area contributed by atoms with Crippen molar-refractivity contribution < 1.29 is 9.47 Å². The van der Waals surface area contributed by atoms with Gasteiger partial charge in [0, 0.05) is 46.5 Å². The van der Waals surface area contributed by atoms with Crippen molar-refractivity contribution in [2.45, 2.75) is 45.1 Å². The molecule has 2 aliphatic rings. The second-order valence-electron chi connectivity index (χ2n) is 6.04. The van der Waals surface area contributed by atoms with Crippen LogP contribution < -0.4 is 5.32 Å². The van der Waals surface area contributed by atoms with Crippen LogP contribution in [0.15, 0.2) is 4.99 Å². The van der Waals surface area contributed by atoms with Gasteiger partial charge in [-0.3, -0.25) is 4.99 Å². The van der Waals surface area contributed by atoms with Crippen molar-refractivity contribution in [3.8, 4) is 0 Å². The van der Waals surface area contributed by atoms with Crippen molar-refractivity contribution >= 4 is 5.96 Å². The number of hydrogen-bond acceptors (Lipinski definition) is 3. The highest BCUT2D eigenvalue weighted by Gasteiger charge is 2.24. The van der Waals surface area contributed by atoms with Crippen molar-refractivity contribution in [2.75, 3.05) is 46.5 Å². The number of methoxy groups -OCH3 is 1. The van der Waals surface area contributed by atoms with E-state index in [-0.39, 0.29) is 0 Å². The van der Waals surface area contributed by atoms with Crippen LogP contribution in [0, 0.1) is 5.92 Å². The summed E-state index contributed by atoms with van der Waals surface area (Å²) >= 11 is 0. The quantitative estimate of drug-likeness (QED) is 0.422. The molecule has 2 fully saturated rings. The Morgan fingerprint density at radius 1 is 1.19 bits per heavy atom. The molecule has 0 unspecified atom stereocenters. The molecule has 0 aromatic heterocycles. The summed E-state index contributed by atoms with van der Waals surface area (Å²) in [6, 6.07) is 0. The Morgan fingerprint density at radius 2 is 1.95 bits per heavy atom. The fourth-order valence-corrected chi connectivity index (χ4v) is 2.63. The Balaban J connectivity index is 1.68. The second kappa shape index (κ2) is 9.26. The maximum Gasteiger partial charge on any atom is 0.193 e. The Kier molecular flexibility index (Phi) is 7.30. The second-order valence-corrected chi connectivity index (χ2v) is 6.04. The fraction of sp³-hybridized carbons (Fsp3) is 0.938. The first-order chi connectivity index (χ1) is 10.3. The molecule has 2 rings (SSSR count). The third kappa shape index (κ3) is 6.22. The summed E-state index contributed by atoms with van der Waals surface area (Å²) in [5.74, 6) is 1.95. The average Bonchev–Trinajstić information content (AvgIpc) is 3.33. The third-order valence-corrected chi connectivity index (χ3v) is 4.12. The highest BCUT2D eigenvalue weighted by atomic mass is 16.5. The number of rotatable bonds is 8. The number of piperidine rings is 1. The number of likely N-dealkylation sites (tertiary alicyclic amines) is 1. The van der Waals surface area contributed by atoms with Crippen LogP contribution >= 0.6 is 0 Å². The Bertz CT molecular complexity index is 311. The van der Waals surface area contributed by atoms with Crippen LogP contribution in [-0.2, 0) is 9.47 Å². The van der Waals surface area contributed by atoms with E-state index in [1.807, 2.05) is 0 Å². The van der Waals surface area contributed by atoms with E-state index in [1.54, 1.807) is 7.11 Å². The predicted molar refractivity (Wildman–Crippen MR) is 85.7 cm³/mol. The minimum absolute atomic E-state index is 0.407. The molecule has 1 aliphatic carbocycles. The van der Waals surface area contributed by atoms with Gasteiger partial charge in [-0.2, -0.15) is 0 Å². The molecular weight excluding hydrogens is 266 g/mol. The molecule has 0 atom stereocenters. The Morgan fingerprint density at radius 3 is 2.57 bits per heavy atom. The summed E-state index contributed by atoms with van der Waals surface area (Å²) < 4.78 is 11.0. The lowest BCUT2D eigenvalue weighted by atomic mass is 10.1. The van der Waals surface area contributed by atoms with Crippen LogP contribution in [0.3, 0.4) is 0 Å². The number of aliphatic imine (C=N–C) groups is 1. The SMILES string of the molecule is CCNC(=NCC1CC1)N1CCC(OCCCOC)CC1. The van der Waals surface area contributed by atoms with Gasteiger partial charge in [-0.05, 0) is 44.9 Å². The molecule has 1 saturated heterocycles. The molecule has 5 heteroatoms. The van der Waals surface area contributed by atoms with Crippen molar-refractivity contribution in [1.29, 1.82) is 0 Å². The number of ether oxygens (including phenoxy) is 2. The summed E-state index contributed by atoms with van der Waals surface area (Å²) in [5, 5.41) is 3.43. The van der Waals surface area contributed by atoms with Crippen molar-refractivity contribution in [3.63, 3.8) is 0 Å². The maximum absolute atomic E-state index is 5.91. The predicted octanol–water partition coefficient (Wildman–Crippen LogP) is 1.88. The van der Waals surface area contributed by atoms with Crippen LogP contribution in [0.5, 0.6) is 0 Å². The van der Waals surface area contributed by atoms with E-state index >= 15 is 0 Å². The maximum atomic E-state index is 5.91. The lowest BCUT2D eigenvalue weighted by molar-refractivity contribution is 0.00990. The average molecular weight is 297 g/mol. The number of hydrogen-bond donors (Lipinski definition) is 1. The van der Waals surface area contributed by atoms with Crippen molar-refractivity contribution in [2.24, 2.45) is 10.9 Å². The highest BCUT2D eigenvalue weighted by Crippen LogP contribution is 2.29. The van der Waals surface area contributed by atoms with Gasteiger partial charge >= 0.3 is 0 Å². The minimum atomic E-state index is 0.407. The third-order valence-electron chi connectivity index (χ3n) is 4.12. The highest BCUT2D eigenvalue weighted by molar-refractivity contribution is 5.80. The van der Waals surface area contributed by atoms with E-state index in [9.17, 15) is 0 Å². The van der Waals surface area contributed by atoms with Crippen molar-refractivity contribution in [3.05, 3.63) is 0 Å². The zero-order valence-electron chi connectivity index (χ0n) is 13.6. The van der Waals surface area contributed by atoms with Gasteiger partial charge in [-0.25, -0.2) is 0 Å². The normalized spacial score (nSPS) is 20.9. The van der Waals surface area contributed by atoms with Gasteiger partial charge < -0.3 is 19.7 Å². The van der Waals surface area contributed by atoms with Gasteiger partial charge in [0.2, 0.25) is 0 Å². The monoisotopic (exact) mass is 297 g/mol. The van der Waals surface area contributed by atoms with E-state index in [1.165, 1.54) is 12.8 Å². The first-order valence-electron chi connectivity index (χ1n) is 8.47. The van der Waals surface area contributed by atoms with E-state index in [4.69, 9.17) is 14.5 Å². The van der Waals surface area contributed by atoms with Crippen LogP contribution in [-0.4, -0.2) is 63.5 Å². The summed E-state index contributed by atoms with van der Waals surface area (Å²) in [5.41, 5.74) is 0. The fourth-order valence-electron chi connectivity index (χ4n) is 2.63. The molecule has 0 bridgehead atoms. The van der Waals surface area contributed by atoms with Gasteiger partial charge in [0.05, 0.1) is 6.10 Å². The van der Waals surface area contributed by atoms with Gasteiger partial charge in [-0.1, -0.05) is 0 Å². The Labute approximate surface area is 129 Å². The molecule has 1 heterocycles. The molecule has 122 valence electrons. The smallest absolute Gasteiger partial charge is 0.193 e. The zero-order valence-corrected chi connectivity index (χ0v) is 13.6. The standard InChI is InChI=1S/C16H31N3O2/c1-3-17-16(18-13-14-5-6-14)19-9-7-15(8-10-19)21-12-4-11-20-2/h14-15H,3-13H2,1-2H3,(H,17,18). The van der Waals surface area contributed by atoms with Gasteiger partial charge in [-0.15, -0.1) is 0 Å². The molecule has 1 aliphatic heterocycles. The molecule has 21 heavy (non-hydrogen) atoms. The van der Waals surface area contributed by atoms with Crippen LogP contribution in [0.4, 0.5) is 0 Å². The Hall–Kier alpha value is -0.810. The minimum Gasteiger partial charge on any atom is -0.385 e. The van der Waals surface area contributed by atoms with E-state index in [2.05, 4.69) is 17.1 Å². The van der Waals surface area contributed by atoms with E-state index in [0.29, 0.717) is 6.10 Å². The number of guanidine groups is 1. The summed E-state index contributed by atoms with van der Waals surface area (Å²) in [6.07, 6.45) is 6.31. The zero-order chi connectivity index (χ0) is 14.9. The van der Waals surface area contributed by atoms with Gasteiger partial charge in [0.15, 0.2) is 5.96 Å². The molecule has 0 amide bonds. The van der Waals surface area contributed by atoms with Gasteiger partial charge in [0.25, 0.3) is 0 Å². The molecule has 0 spiro atoms. The van der Waals surface area contributed by atoms with Crippen LogP contribution in [0.25, 0.3) is 0 Å². The van der Waals surface area contributed by atoms with Crippen LogP contribution in [0.1, 0.15) is 39.0 Å². The van der Waals surface area contributed by atoms with E-state index < -0.39 is 0 Å². The lowest BCUT2D eigenvalue weighted by Crippen LogP contribution is -2.47. The largest absolute Gasteiger partial charge is 0.385 e. The van der Waals surface area contributed by atoms with E-state index in [0.717, 1.165) is 70.5 Å². The molecule has 5 nitrogen and oxygen atoms in total. The lowest BCUT2D eigenvalue weighted by Gasteiger charge is -2.34. The first kappa shape index (κ1) is 16.6.